The fraction of sp³-hybridized carbons (Fsp3) is 0.250. The van der Waals surface area contributed by atoms with Crippen molar-refractivity contribution >= 4 is 17.7 Å². The maximum atomic E-state index is 13.0. The first-order valence-corrected chi connectivity index (χ1v) is 8.13. The van der Waals surface area contributed by atoms with Gasteiger partial charge >= 0.3 is 5.97 Å². The van der Waals surface area contributed by atoms with E-state index in [9.17, 15) is 14.4 Å². The molecule has 5 nitrogen and oxygen atoms in total. The van der Waals surface area contributed by atoms with E-state index >= 15 is 0 Å². The molecule has 1 aromatic carbocycles. The van der Waals surface area contributed by atoms with E-state index in [0.29, 0.717) is 0 Å². The van der Waals surface area contributed by atoms with Crippen LogP contribution in [0.5, 0.6) is 0 Å². The van der Waals surface area contributed by atoms with Gasteiger partial charge in [-0.1, -0.05) is 42.5 Å². The number of esters is 1. The van der Waals surface area contributed by atoms with Crippen LogP contribution in [0.2, 0.25) is 0 Å². The van der Waals surface area contributed by atoms with E-state index in [0.717, 1.165) is 5.56 Å². The van der Waals surface area contributed by atoms with Gasteiger partial charge in [0.15, 0.2) is 5.78 Å². The van der Waals surface area contributed by atoms with Gasteiger partial charge in [0.25, 0.3) is 0 Å². The van der Waals surface area contributed by atoms with Crippen molar-refractivity contribution in [2.45, 2.75) is 26.5 Å². The zero-order valence-electron chi connectivity index (χ0n) is 14.1. The van der Waals surface area contributed by atoms with Crippen LogP contribution in [0.25, 0.3) is 0 Å². The Labute approximate surface area is 146 Å². The summed E-state index contributed by atoms with van der Waals surface area (Å²) in [4.78, 5) is 38.4. The highest BCUT2D eigenvalue weighted by Crippen LogP contribution is 2.39. The number of ketones is 1. The summed E-state index contributed by atoms with van der Waals surface area (Å²) < 4.78 is 5.29. The third kappa shape index (κ3) is 3.31. The number of benzene rings is 1. The summed E-state index contributed by atoms with van der Waals surface area (Å²) in [6.07, 6.45) is 7.05. The van der Waals surface area contributed by atoms with Crippen LogP contribution >= 0.6 is 0 Å². The van der Waals surface area contributed by atoms with Crippen LogP contribution in [0.15, 0.2) is 66.4 Å². The molecule has 5 heteroatoms. The maximum Gasteiger partial charge on any atom is 0.355 e. The quantitative estimate of drug-likeness (QED) is 0.792. The smallest absolute Gasteiger partial charge is 0.355 e. The summed E-state index contributed by atoms with van der Waals surface area (Å²) in [5, 5.41) is 0. The number of ether oxygens (including phenoxy) is 1. The van der Waals surface area contributed by atoms with Crippen molar-refractivity contribution in [3.8, 4) is 0 Å². The predicted molar refractivity (Wildman–Crippen MR) is 92.0 cm³/mol. The molecular weight excluding hydrogens is 318 g/mol. The molecule has 1 spiro atoms. The highest BCUT2D eigenvalue weighted by atomic mass is 16.5. The number of carbonyl (C=O) groups excluding carboxylic acids is 3. The van der Waals surface area contributed by atoms with Gasteiger partial charge in [0.1, 0.15) is 11.1 Å². The Morgan fingerprint density at radius 2 is 1.76 bits per heavy atom. The van der Waals surface area contributed by atoms with Crippen molar-refractivity contribution in [3.63, 3.8) is 0 Å². The van der Waals surface area contributed by atoms with E-state index in [4.69, 9.17) is 4.74 Å². The fourth-order valence-corrected chi connectivity index (χ4v) is 2.87. The molecule has 0 saturated heterocycles. The number of amides is 1. The Kier molecular flexibility index (Phi) is 4.40. The van der Waals surface area contributed by atoms with Crippen LogP contribution in [0, 0.1) is 5.41 Å². The minimum atomic E-state index is -1.10. The number of allylic oxidation sites excluding steroid dienone is 2. The summed E-state index contributed by atoms with van der Waals surface area (Å²) in [6, 6.07) is 9.42. The predicted octanol–water partition coefficient (Wildman–Crippen LogP) is 2.55. The van der Waals surface area contributed by atoms with E-state index in [1.54, 1.807) is 19.9 Å². The van der Waals surface area contributed by atoms with Gasteiger partial charge in [0.05, 0.1) is 12.6 Å². The fourth-order valence-electron chi connectivity index (χ4n) is 2.87. The lowest BCUT2D eigenvalue weighted by molar-refractivity contribution is -0.147. The van der Waals surface area contributed by atoms with Crippen molar-refractivity contribution in [2.75, 3.05) is 0 Å². The van der Waals surface area contributed by atoms with Gasteiger partial charge in [-0.15, -0.1) is 0 Å². The molecule has 0 unspecified atom stereocenters. The first-order valence-electron chi connectivity index (χ1n) is 8.13. The van der Waals surface area contributed by atoms with Gasteiger partial charge < -0.3 is 9.64 Å². The van der Waals surface area contributed by atoms with Crippen LogP contribution in [-0.4, -0.2) is 28.7 Å². The number of hydrogen-bond acceptors (Lipinski definition) is 4. The average molecular weight is 337 g/mol. The molecule has 128 valence electrons. The molecule has 0 saturated carbocycles. The van der Waals surface area contributed by atoms with E-state index < -0.39 is 11.4 Å². The lowest BCUT2D eigenvalue weighted by Crippen LogP contribution is -2.36. The average Bonchev–Trinajstić information content (AvgIpc) is 2.84. The van der Waals surface area contributed by atoms with Crippen molar-refractivity contribution in [1.82, 2.24) is 4.90 Å². The van der Waals surface area contributed by atoms with E-state index in [-0.39, 0.29) is 30.0 Å². The Balaban J connectivity index is 1.97. The van der Waals surface area contributed by atoms with E-state index in [1.807, 2.05) is 30.3 Å². The minimum absolute atomic E-state index is 0.181. The van der Waals surface area contributed by atoms with Crippen LogP contribution in [0.1, 0.15) is 19.4 Å². The highest BCUT2D eigenvalue weighted by Gasteiger charge is 2.46. The van der Waals surface area contributed by atoms with E-state index in [1.165, 1.54) is 29.2 Å². The minimum Gasteiger partial charge on any atom is -0.458 e. The molecular formula is C20H19NO4. The van der Waals surface area contributed by atoms with Crippen molar-refractivity contribution in [3.05, 3.63) is 72.0 Å². The van der Waals surface area contributed by atoms with Crippen LogP contribution in [-0.2, 0) is 25.7 Å². The van der Waals surface area contributed by atoms with E-state index in [2.05, 4.69) is 0 Å². The zero-order valence-corrected chi connectivity index (χ0v) is 14.1. The summed E-state index contributed by atoms with van der Waals surface area (Å²) in [6.45, 7) is 3.77. The summed E-state index contributed by atoms with van der Waals surface area (Å²) in [5.74, 6) is -0.999. The number of hydrogen-bond donors (Lipinski definition) is 0. The molecule has 2 aliphatic rings. The molecule has 25 heavy (non-hydrogen) atoms. The first-order chi connectivity index (χ1) is 11.9. The third-order valence-corrected chi connectivity index (χ3v) is 4.06. The molecule has 0 atom stereocenters. The van der Waals surface area contributed by atoms with Crippen molar-refractivity contribution in [2.24, 2.45) is 5.41 Å². The molecule has 1 amide bonds. The number of rotatable bonds is 4. The lowest BCUT2D eigenvalue weighted by atomic mass is 9.84. The lowest BCUT2D eigenvalue weighted by Gasteiger charge is -2.24. The first kappa shape index (κ1) is 16.9. The van der Waals surface area contributed by atoms with Crippen LogP contribution in [0.4, 0.5) is 0 Å². The van der Waals surface area contributed by atoms with Crippen molar-refractivity contribution in [1.29, 1.82) is 0 Å². The van der Waals surface area contributed by atoms with Crippen LogP contribution < -0.4 is 0 Å². The third-order valence-electron chi connectivity index (χ3n) is 4.06. The molecule has 0 radical (unpaired) electrons. The maximum absolute atomic E-state index is 13.0. The number of nitrogens with zero attached hydrogens (tertiary/aromatic N) is 1. The van der Waals surface area contributed by atoms with Gasteiger partial charge in [-0.2, -0.15) is 0 Å². The standard InChI is InChI=1S/C20H19NO4/c1-14(2)25-18(23)17-12-20(10-8-16(22)9-11-20)19(24)21(17)13-15-6-4-3-5-7-15/h3-12,14H,13H2,1-2H3. The summed E-state index contributed by atoms with van der Waals surface area (Å²) in [7, 11) is 0. The van der Waals surface area contributed by atoms with Crippen molar-refractivity contribution < 1.29 is 19.1 Å². The summed E-state index contributed by atoms with van der Waals surface area (Å²) in [5.41, 5.74) is -0.00390. The summed E-state index contributed by atoms with van der Waals surface area (Å²) >= 11 is 0. The normalized spacial score (nSPS) is 18.2. The Hall–Kier alpha value is -2.95. The monoisotopic (exact) mass is 337 g/mol. The number of carbonyl (C=O) groups is 3. The van der Waals surface area contributed by atoms with Gasteiger partial charge in [0, 0.05) is 0 Å². The largest absolute Gasteiger partial charge is 0.458 e. The Morgan fingerprint density at radius 3 is 2.36 bits per heavy atom. The molecule has 0 N–H and O–H groups in total. The molecule has 1 aromatic rings. The molecule has 1 aliphatic heterocycles. The molecule has 0 bridgehead atoms. The molecule has 0 aromatic heterocycles. The van der Waals surface area contributed by atoms with Gasteiger partial charge in [0.2, 0.25) is 5.91 Å². The SMILES string of the molecule is CC(C)OC(=O)C1=CC2(C=CC(=O)C=C2)C(=O)N1Cc1ccccc1. The second kappa shape index (κ2) is 6.51. The Morgan fingerprint density at radius 1 is 1.12 bits per heavy atom. The molecule has 0 fully saturated rings. The molecule has 1 aliphatic carbocycles. The zero-order chi connectivity index (χ0) is 18.0. The second-order valence-corrected chi connectivity index (χ2v) is 6.36. The second-order valence-electron chi connectivity index (χ2n) is 6.36. The van der Waals surface area contributed by atoms with Gasteiger partial charge in [-0.3, -0.25) is 9.59 Å². The Bertz CT molecular complexity index is 786. The van der Waals surface area contributed by atoms with Crippen LogP contribution in [0.3, 0.4) is 0 Å². The van der Waals surface area contributed by atoms with Gasteiger partial charge in [-0.05, 0) is 37.6 Å². The highest BCUT2D eigenvalue weighted by molar-refractivity contribution is 6.08. The topological polar surface area (TPSA) is 63.7 Å². The van der Waals surface area contributed by atoms with Gasteiger partial charge in [-0.25, -0.2) is 4.79 Å². The molecule has 3 rings (SSSR count). The molecule has 1 heterocycles.